The molecule has 0 unspecified atom stereocenters. The molecule has 1 fully saturated rings. The van der Waals surface area contributed by atoms with E-state index in [1.165, 1.54) is 12.1 Å². The lowest BCUT2D eigenvalue weighted by atomic mass is 10.1. The number of ether oxygens (including phenoxy) is 2. The molecule has 0 saturated carbocycles. The summed E-state index contributed by atoms with van der Waals surface area (Å²) in [5, 5.41) is 8.71. The molecule has 1 N–H and O–H groups in total. The number of hydrogen-bond donors (Lipinski definition) is 1. The summed E-state index contributed by atoms with van der Waals surface area (Å²) in [6.07, 6.45) is 1.83. The highest BCUT2D eigenvalue weighted by molar-refractivity contribution is 5.87. The first-order valence-corrected chi connectivity index (χ1v) is 5.88. The van der Waals surface area contributed by atoms with Crippen LogP contribution in [0.3, 0.4) is 0 Å². The average Bonchev–Trinajstić information content (AvgIpc) is 2.37. The van der Waals surface area contributed by atoms with Crippen LogP contribution in [0.25, 0.3) is 0 Å². The molecule has 4 nitrogen and oxygen atoms in total. The van der Waals surface area contributed by atoms with Gasteiger partial charge in [-0.05, 0) is 30.5 Å². The molecule has 98 valence electrons. The van der Waals surface area contributed by atoms with Gasteiger partial charge in [-0.3, -0.25) is 0 Å². The van der Waals surface area contributed by atoms with Gasteiger partial charge in [0.15, 0.2) is 0 Å². The highest BCUT2D eigenvalue weighted by Gasteiger charge is 2.15. The van der Waals surface area contributed by atoms with E-state index in [4.69, 9.17) is 14.6 Å². The monoisotopic (exact) mass is 254 g/mol. The van der Waals surface area contributed by atoms with Crippen molar-refractivity contribution in [3.8, 4) is 0 Å². The number of carboxylic acids is 1. The Kier molecular flexibility index (Phi) is 4.28. The Morgan fingerprint density at radius 1 is 1.44 bits per heavy atom. The molecule has 1 aliphatic rings. The van der Waals surface area contributed by atoms with E-state index in [9.17, 15) is 9.18 Å². The first-order chi connectivity index (χ1) is 8.66. The SMILES string of the molecule is O=C(O)c1ccc(COC2CCOCC2)cc1F. The molecule has 0 aromatic heterocycles. The highest BCUT2D eigenvalue weighted by Crippen LogP contribution is 2.15. The van der Waals surface area contributed by atoms with Crippen LogP contribution < -0.4 is 0 Å². The van der Waals surface area contributed by atoms with Crippen LogP contribution in [0.1, 0.15) is 28.8 Å². The Labute approximate surface area is 104 Å². The van der Waals surface area contributed by atoms with Crippen LogP contribution in [0, 0.1) is 5.82 Å². The standard InChI is InChI=1S/C13H15FO4/c14-12-7-9(1-2-11(12)13(15)16)8-18-10-3-5-17-6-4-10/h1-2,7,10H,3-6,8H2,(H,15,16). The van der Waals surface area contributed by atoms with Gasteiger partial charge in [-0.2, -0.15) is 0 Å². The van der Waals surface area contributed by atoms with E-state index in [1.54, 1.807) is 6.07 Å². The van der Waals surface area contributed by atoms with Crippen LogP contribution in [-0.2, 0) is 16.1 Å². The number of carboxylic acid groups (broad SMARTS) is 1. The molecule has 0 atom stereocenters. The molecule has 1 saturated heterocycles. The molecular weight excluding hydrogens is 239 g/mol. The van der Waals surface area contributed by atoms with Crippen LogP contribution >= 0.6 is 0 Å². The minimum absolute atomic E-state index is 0.140. The summed E-state index contributed by atoms with van der Waals surface area (Å²) in [6, 6.07) is 4.05. The molecule has 5 heteroatoms. The smallest absolute Gasteiger partial charge is 0.338 e. The van der Waals surface area contributed by atoms with Gasteiger partial charge in [0.2, 0.25) is 0 Å². The molecule has 0 radical (unpaired) electrons. The minimum Gasteiger partial charge on any atom is -0.478 e. The number of hydrogen-bond acceptors (Lipinski definition) is 3. The van der Waals surface area contributed by atoms with E-state index in [0.717, 1.165) is 12.8 Å². The molecular formula is C13H15FO4. The molecule has 1 heterocycles. The number of benzene rings is 1. The topological polar surface area (TPSA) is 55.8 Å². The minimum atomic E-state index is -1.26. The maximum Gasteiger partial charge on any atom is 0.338 e. The van der Waals surface area contributed by atoms with Gasteiger partial charge in [-0.25, -0.2) is 9.18 Å². The predicted molar refractivity (Wildman–Crippen MR) is 62.0 cm³/mol. The normalized spacial score (nSPS) is 16.7. The third kappa shape index (κ3) is 3.27. The Balaban J connectivity index is 1.93. The molecule has 0 bridgehead atoms. The fourth-order valence-corrected chi connectivity index (χ4v) is 1.88. The summed E-state index contributed by atoms with van der Waals surface area (Å²) >= 11 is 0. The molecule has 0 amide bonds. The van der Waals surface area contributed by atoms with Crippen molar-refractivity contribution < 1.29 is 23.8 Å². The number of aromatic carboxylic acids is 1. The maximum atomic E-state index is 13.4. The largest absolute Gasteiger partial charge is 0.478 e. The lowest BCUT2D eigenvalue weighted by molar-refractivity contribution is -0.0391. The molecule has 1 aliphatic heterocycles. The zero-order valence-corrected chi connectivity index (χ0v) is 9.89. The lowest BCUT2D eigenvalue weighted by Crippen LogP contribution is -2.23. The van der Waals surface area contributed by atoms with Gasteiger partial charge in [-0.15, -0.1) is 0 Å². The summed E-state index contributed by atoms with van der Waals surface area (Å²) in [5.41, 5.74) is 0.328. The fourth-order valence-electron chi connectivity index (χ4n) is 1.88. The van der Waals surface area contributed by atoms with Gasteiger partial charge in [0, 0.05) is 13.2 Å². The summed E-state index contributed by atoms with van der Waals surface area (Å²) in [7, 11) is 0. The van der Waals surface area contributed by atoms with Gasteiger partial charge in [0.1, 0.15) is 5.82 Å². The first kappa shape index (κ1) is 13.0. The van der Waals surface area contributed by atoms with E-state index in [2.05, 4.69) is 0 Å². The Hall–Kier alpha value is -1.46. The molecule has 2 rings (SSSR count). The Bertz CT molecular complexity index is 427. The third-order valence-corrected chi connectivity index (χ3v) is 2.92. The summed E-state index contributed by atoms with van der Waals surface area (Å²) < 4.78 is 24.2. The van der Waals surface area contributed by atoms with Crippen molar-refractivity contribution in [1.29, 1.82) is 0 Å². The average molecular weight is 254 g/mol. The van der Waals surface area contributed by atoms with Gasteiger partial charge in [0.05, 0.1) is 18.3 Å². The van der Waals surface area contributed by atoms with Crippen LogP contribution in [0.5, 0.6) is 0 Å². The van der Waals surface area contributed by atoms with Crippen molar-refractivity contribution in [3.05, 3.63) is 35.1 Å². The number of rotatable bonds is 4. The van der Waals surface area contributed by atoms with Crippen molar-refractivity contribution in [2.45, 2.75) is 25.6 Å². The number of carbonyl (C=O) groups is 1. The summed E-state index contributed by atoms with van der Waals surface area (Å²) in [6.45, 7) is 1.68. The van der Waals surface area contributed by atoms with E-state index in [1.807, 2.05) is 0 Å². The molecule has 1 aromatic carbocycles. The first-order valence-electron chi connectivity index (χ1n) is 5.88. The third-order valence-electron chi connectivity index (χ3n) is 2.92. The maximum absolute atomic E-state index is 13.4. The van der Waals surface area contributed by atoms with Gasteiger partial charge < -0.3 is 14.6 Å². The summed E-state index contributed by atoms with van der Waals surface area (Å²) in [5.74, 6) is -1.99. The second-order valence-corrected chi connectivity index (χ2v) is 4.24. The van der Waals surface area contributed by atoms with Crippen molar-refractivity contribution in [3.63, 3.8) is 0 Å². The van der Waals surface area contributed by atoms with Crippen molar-refractivity contribution in [2.75, 3.05) is 13.2 Å². The molecule has 0 spiro atoms. The van der Waals surface area contributed by atoms with Crippen LogP contribution in [0.15, 0.2) is 18.2 Å². The molecule has 1 aromatic rings. The predicted octanol–water partition coefficient (Wildman–Crippen LogP) is 2.22. The molecule has 18 heavy (non-hydrogen) atoms. The lowest BCUT2D eigenvalue weighted by Gasteiger charge is -2.22. The zero-order valence-electron chi connectivity index (χ0n) is 9.89. The van der Waals surface area contributed by atoms with Crippen LogP contribution in [0.4, 0.5) is 4.39 Å². The van der Waals surface area contributed by atoms with E-state index in [-0.39, 0.29) is 11.7 Å². The summed E-state index contributed by atoms with van der Waals surface area (Å²) in [4.78, 5) is 10.7. The Morgan fingerprint density at radius 2 is 2.17 bits per heavy atom. The van der Waals surface area contributed by atoms with Crippen molar-refractivity contribution >= 4 is 5.97 Å². The van der Waals surface area contributed by atoms with E-state index >= 15 is 0 Å². The quantitative estimate of drug-likeness (QED) is 0.895. The second kappa shape index (κ2) is 5.93. The zero-order chi connectivity index (χ0) is 13.0. The van der Waals surface area contributed by atoms with E-state index in [0.29, 0.717) is 25.4 Å². The van der Waals surface area contributed by atoms with Gasteiger partial charge >= 0.3 is 5.97 Å². The number of halogens is 1. The van der Waals surface area contributed by atoms with Crippen molar-refractivity contribution in [2.24, 2.45) is 0 Å². The van der Waals surface area contributed by atoms with Crippen molar-refractivity contribution in [1.82, 2.24) is 0 Å². The second-order valence-electron chi connectivity index (χ2n) is 4.24. The van der Waals surface area contributed by atoms with Crippen LogP contribution in [-0.4, -0.2) is 30.4 Å². The Morgan fingerprint density at radius 3 is 2.78 bits per heavy atom. The fraction of sp³-hybridized carbons (Fsp3) is 0.462. The van der Waals surface area contributed by atoms with Gasteiger partial charge in [-0.1, -0.05) is 6.07 Å². The highest BCUT2D eigenvalue weighted by atomic mass is 19.1. The molecule has 0 aliphatic carbocycles. The van der Waals surface area contributed by atoms with Gasteiger partial charge in [0.25, 0.3) is 0 Å². The van der Waals surface area contributed by atoms with Crippen LogP contribution in [0.2, 0.25) is 0 Å². The van der Waals surface area contributed by atoms with E-state index < -0.39 is 11.8 Å².